The lowest BCUT2D eigenvalue weighted by atomic mass is 10.0. The topological polar surface area (TPSA) is 47.6 Å². The second kappa shape index (κ2) is 9.80. The molecule has 2 rings (SSSR count). The minimum atomic E-state index is -0.385. The Balaban J connectivity index is 1.70. The lowest BCUT2D eigenvalue weighted by molar-refractivity contribution is -0.123. The second-order valence-electron chi connectivity index (χ2n) is 6.47. The SMILES string of the molecule is Cc1ccc(C(C)C)c(OCC(=O)NCCCOc2ccccc2F)c1. The van der Waals surface area contributed by atoms with Gasteiger partial charge in [0.2, 0.25) is 0 Å². The molecule has 0 unspecified atom stereocenters. The van der Waals surface area contributed by atoms with E-state index in [1.54, 1.807) is 18.2 Å². The van der Waals surface area contributed by atoms with E-state index in [0.29, 0.717) is 25.5 Å². The van der Waals surface area contributed by atoms with Crippen LogP contribution in [0.15, 0.2) is 42.5 Å². The van der Waals surface area contributed by atoms with Gasteiger partial charge in [-0.15, -0.1) is 0 Å². The number of carbonyl (C=O) groups excluding carboxylic acids is 1. The summed E-state index contributed by atoms with van der Waals surface area (Å²) in [6.07, 6.45) is 0.585. The Morgan fingerprint density at radius 1 is 1.12 bits per heavy atom. The van der Waals surface area contributed by atoms with Gasteiger partial charge in [-0.25, -0.2) is 4.39 Å². The number of amides is 1. The number of hydrogen-bond acceptors (Lipinski definition) is 3. The van der Waals surface area contributed by atoms with E-state index in [0.717, 1.165) is 16.9 Å². The molecule has 0 aliphatic carbocycles. The van der Waals surface area contributed by atoms with Crippen LogP contribution in [0.2, 0.25) is 0 Å². The van der Waals surface area contributed by atoms with Gasteiger partial charge < -0.3 is 14.8 Å². The lowest BCUT2D eigenvalue weighted by Gasteiger charge is -2.15. The highest BCUT2D eigenvalue weighted by molar-refractivity contribution is 5.77. The fourth-order valence-electron chi connectivity index (χ4n) is 2.48. The number of carbonyl (C=O) groups is 1. The zero-order valence-electron chi connectivity index (χ0n) is 15.5. The van der Waals surface area contributed by atoms with Crippen molar-refractivity contribution >= 4 is 5.91 Å². The smallest absolute Gasteiger partial charge is 0.257 e. The molecule has 0 aliphatic heterocycles. The normalized spacial score (nSPS) is 10.7. The van der Waals surface area contributed by atoms with E-state index < -0.39 is 0 Å². The highest BCUT2D eigenvalue weighted by Gasteiger charge is 2.10. The molecule has 140 valence electrons. The van der Waals surface area contributed by atoms with Crippen molar-refractivity contribution in [3.05, 3.63) is 59.4 Å². The van der Waals surface area contributed by atoms with E-state index in [4.69, 9.17) is 9.47 Å². The zero-order valence-corrected chi connectivity index (χ0v) is 15.5. The zero-order chi connectivity index (χ0) is 18.9. The Bertz CT molecular complexity index is 731. The molecule has 0 fully saturated rings. The van der Waals surface area contributed by atoms with E-state index in [-0.39, 0.29) is 24.1 Å². The number of para-hydroxylation sites is 1. The van der Waals surface area contributed by atoms with Crippen LogP contribution in [0, 0.1) is 12.7 Å². The van der Waals surface area contributed by atoms with Gasteiger partial charge in [-0.3, -0.25) is 4.79 Å². The van der Waals surface area contributed by atoms with Crippen molar-refractivity contribution in [2.75, 3.05) is 19.8 Å². The average molecular weight is 359 g/mol. The molecular formula is C21H26FNO3. The summed E-state index contributed by atoms with van der Waals surface area (Å²) in [6, 6.07) is 12.3. The number of rotatable bonds is 9. The molecule has 0 aliphatic rings. The highest BCUT2D eigenvalue weighted by Crippen LogP contribution is 2.27. The number of ether oxygens (including phenoxy) is 2. The first-order valence-electron chi connectivity index (χ1n) is 8.84. The number of benzene rings is 2. The van der Waals surface area contributed by atoms with Crippen LogP contribution >= 0.6 is 0 Å². The third kappa shape index (κ3) is 6.06. The Morgan fingerprint density at radius 3 is 2.62 bits per heavy atom. The molecule has 5 heteroatoms. The average Bonchev–Trinajstić information content (AvgIpc) is 2.61. The molecule has 0 bridgehead atoms. The molecule has 0 atom stereocenters. The maximum Gasteiger partial charge on any atom is 0.257 e. The fraction of sp³-hybridized carbons (Fsp3) is 0.381. The molecule has 0 spiro atoms. The number of halogens is 1. The highest BCUT2D eigenvalue weighted by atomic mass is 19.1. The number of aryl methyl sites for hydroxylation is 1. The van der Waals surface area contributed by atoms with Crippen LogP contribution in [0.3, 0.4) is 0 Å². The molecule has 2 aromatic rings. The van der Waals surface area contributed by atoms with Gasteiger partial charge >= 0.3 is 0 Å². The van der Waals surface area contributed by atoms with E-state index in [9.17, 15) is 9.18 Å². The third-order valence-corrected chi connectivity index (χ3v) is 3.89. The Hall–Kier alpha value is -2.56. The quantitative estimate of drug-likeness (QED) is 0.682. The van der Waals surface area contributed by atoms with Gasteiger partial charge in [-0.2, -0.15) is 0 Å². The van der Waals surface area contributed by atoms with Crippen LogP contribution in [-0.2, 0) is 4.79 Å². The summed E-state index contributed by atoms with van der Waals surface area (Å²) in [4.78, 5) is 11.9. The molecule has 1 N–H and O–H groups in total. The molecule has 1 amide bonds. The molecule has 0 saturated heterocycles. The van der Waals surface area contributed by atoms with Gasteiger partial charge in [0.05, 0.1) is 6.61 Å². The van der Waals surface area contributed by atoms with Crippen molar-refractivity contribution < 1.29 is 18.7 Å². The largest absolute Gasteiger partial charge is 0.490 e. The molecule has 0 aromatic heterocycles. The third-order valence-electron chi connectivity index (χ3n) is 3.89. The standard InChI is InChI=1S/C21H26FNO3/c1-15(2)17-10-9-16(3)13-20(17)26-14-21(24)23-11-6-12-25-19-8-5-4-7-18(19)22/h4-5,7-10,13,15H,6,11-12,14H2,1-3H3,(H,23,24). The van der Waals surface area contributed by atoms with Gasteiger partial charge in [-0.05, 0) is 48.6 Å². The molecule has 0 saturated carbocycles. The number of nitrogens with one attached hydrogen (secondary N) is 1. The molecule has 0 radical (unpaired) electrons. The van der Waals surface area contributed by atoms with Gasteiger partial charge in [0, 0.05) is 6.54 Å². The first-order valence-corrected chi connectivity index (χ1v) is 8.84. The van der Waals surface area contributed by atoms with E-state index in [1.807, 2.05) is 25.1 Å². The first kappa shape index (κ1) is 19.8. The van der Waals surface area contributed by atoms with Gasteiger partial charge in [0.1, 0.15) is 5.75 Å². The van der Waals surface area contributed by atoms with Crippen molar-refractivity contribution in [3.8, 4) is 11.5 Å². The second-order valence-corrected chi connectivity index (χ2v) is 6.47. The summed E-state index contributed by atoms with van der Waals surface area (Å²) in [5.74, 6) is 0.723. The molecule has 4 nitrogen and oxygen atoms in total. The van der Waals surface area contributed by atoms with Crippen LogP contribution < -0.4 is 14.8 Å². The fourth-order valence-corrected chi connectivity index (χ4v) is 2.48. The van der Waals surface area contributed by atoms with Crippen molar-refractivity contribution in [3.63, 3.8) is 0 Å². The summed E-state index contributed by atoms with van der Waals surface area (Å²) in [7, 11) is 0. The number of hydrogen-bond donors (Lipinski definition) is 1. The van der Waals surface area contributed by atoms with Gasteiger partial charge in [-0.1, -0.05) is 38.1 Å². The van der Waals surface area contributed by atoms with Crippen molar-refractivity contribution in [1.29, 1.82) is 0 Å². The summed E-state index contributed by atoms with van der Waals surface area (Å²) in [5, 5.41) is 2.78. The van der Waals surface area contributed by atoms with Crippen LogP contribution in [0.25, 0.3) is 0 Å². The van der Waals surface area contributed by atoms with Crippen molar-refractivity contribution in [1.82, 2.24) is 5.32 Å². The summed E-state index contributed by atoms with van der Waals surface area (Å²) in [6.45, 7) is 6.92. The maximum absolute atomic E-state index is 13.4. The van der Waals surface area contributed by atoms with Crippen LogP contribution in [0.4, 0.5) is 4.39 Å². The van der Waals surface area contributed by atoms with Gasteiger partial charge in [0.25, 0.3) is 5.91 Å². The summed E-state index contributed by atoms with van der Waals surface area (Å²) < 4.78 is 24.4. The van der Waals surface area contributed by atoms with Crippen molar-refractivity contribution in [2.24, 2.45) is 0 Å². The molecular weight excluding hydrogens is 333 g/mol. The monoisotopic (exact) mass is 359 g/mol. The maximum atomic E-state index is 13.4. The summed E-state index contributed by atoms with van der Waals surface area (Å²) >= 11 is 0. The van der Waals surface area contributed by atoms with Gasteiger partial charge in [0.15, 0.2) is 18.2 Å². The summed E-state index contributed by atoms with van der Waals surface area (Å²) in [5.41, 5.74) is 2.18. The van der Waals surface area contributed by atoms with Crippen LogP contribution in [0.5, 0.6) is 11.5 Å². The van der Waals surface area contributed by atoms with E-state index in [1.165, 1.54) is 6.07 Å². The van der Waals surface area contributed by atoms with E-state index in [2.05, 4.69) is 19.2 Å². The molecule has 2 aromatic carbocycles. The predicted molar refractivity (Wildman–Crippen MR) is 100 cm³/mol. The lowest BCUT2D eigenvalue weighted by Crippen LogP contribution is -2.30. The Labute approximate surface area is 154 Å². The minimum Gasteiger partial charge on any atom is -0.490 e. The van der Waals surface area contributed by atoms with Crippen LogP contribution in [-0.4, -0.2) is 25.7 Å². The predicted octanol–water partition coefficient (Wildman–Crippen LogP) is 4.22. The first-order chi connectivity index (χ1) is 12.5. The minimum absolute atomic E-state index is 0.0304. The van der Waals surface area contributed by atoms with E-state index >= 15 is 0 Å². The Kier molecular flexibility index (Phi) is 7.45. The molecule has 26 heavy (non-hydrogen) atoms. The van der Waals surface area contributed by atoms with Crippen LogP contribution in [0.1, 0.15) is 37.3 Å². The Morgan fingerprint density at radius 2 is 1.88 bits per heavy atom. The van der Waals surface area contributed by atoms with Crippen molar-refractivity contribution in [2.45, 2.75) is 33.1 Å². The molecule has 0 heterocycles.